The van der Waals surface area contributed by atoms with Crippen LogP contribution < -0.4 is 0 Å². The third-order valence-electron chi connectivity index (χ3n) is 2.69. The molecule has 1 aromatic carbocycles. The third-order valence-corrected chi connectivity index (χ3v) is 3.35. The number of amides is 2. The highest BCUT2D eigenvalue weighted by Crippen LogP contribution is 2.35. The lowest BCUT2D eigenvalue weighted by molar-refractivity contribution is -0.172. The van der Waals surface area contributed by atoms with Crippen LogP contribution in [0.5, 0.6) is 0 Å². The molecule has 1 fully saturated rings. The number of hydrogen-bond donors (Lipinski definition) is 0. The van der Waals surface area contributed by atoms with Crippen LogP contribution in [0.4, 0.5) is 13.2 Å². The van der Waals surface area contributed by atoms with Gasteiger partial charge in [-0.2, -0.15) is 13.2 Å². The molecule has 0 bridgehead atoms. The molecule has 2 amide bonds. The van der Waals surface area contributed by atoms with Gasteiger partial charge in [0.1, 0.15) is 0 Å². The Morgan fingerprint density at radius 2 is 1.76 bits per heavy atom. The molecule has 0 aliphatic carbocycles. The summed E-state index contributed by atoms with van der Waals surface area (Å²) in [5, 5.41) is 0.327. The van der Waals surface area contributed by atoms with E-state index < -0.39 is 29.5 Å². The van der Waals surface area contributed by atoms with Crippen molar-refractivity contribution in [2.45, 2.75) is 19.0 Å². The number of imide groups is 1. The lowest BCUT2D eigenvalue weighted by Crippen LogP contribution is -2.32. The molecule has 0 unspecified atom stereocenters. The molecule has 1 aliphatic rings. The van der Waals surface area contributed by atoms with Gasteiger partial charge in [0.15, 0.2) is 0 Å². The molecular weight excluding hydrogens is 359 g/mol. The van der Waals surface area contributed by atoms with E-state index in [9.17, 15) is 27.6 Å². The van der Waals surface area contributed by atoms with Crippen molar-refractivity contribution < 1.29 is 32.4 Å². The predicted octanol–water partition coefficient (Wildman–Crippen LogP) is 2.69. The number of halogens is 4. The number of nitrogens with zero attached hydrogens (tertiary/aromatic N) is 1. The molecular formula is C12H7BrF3NO4. The van der Waals surface area contributed by atoms with Crippen LogP contribution >= 0.6 is 15.9 Å². The molecule has 0 spiro atoms. The first kappa shape index (κ1) is 15.5. The minimum absolute atomic E-state index is 0.0666. The standard InChI is InChI=1S/C12H7BrF3NO4/c13-8-5-6(1-2-7(8)12(14,15)16)11(20)21-17-9(18)3-4-10(17)19/h1-2,5H,3-4H2. The molecule has 2 rings (SSSR count). The van der Waals surface area contributed by atoms with Crippen LogP contribution in [0.1, 0.15) is 28.8 Å². The van der Waals surface area contributed by atoms with Crippen molar-refractivity contribution in [1.29, 1.82) is 0 Å². The number of alkyl halides is 3. The van der Waals surface area contributed by atoms with Crippen molar-refractivity contribution in [3.05, 3.63) is 33.8 Å². The van der Waals surface area contributed by atoms with Crippen LogP contribution in [-0.2, 0) is 20.6 Å². The summed E-state index contributed by atoms with van der Waals surface area (Å²) in [6.07, 6.45) is -4.70. The normalized spacial score (nSPS) is 15.5. The maximum absolute atomic E-state index is 12.6. The fraction of sp³-hybridized carbons (Fsp3) is 0.250. The summed E-state index contributed by atoms with van der Waals surface area (Å²) in [7, 11) is 0. The van der Waals surface area contributed by atoms with Gasteiger partial charge in [-0.05, 0) is 18.2 Å². The van der Waals surface area contributed by atoms with Gasteiger partial charge in [0.25, 0.3) is 11.8 Å². The minimum Gasteiger partial charge on any atom is -0.325 e. The Morgan fingerprint density at radius 1 is 1.19 bits per heavy atom. The summed E-state index contributed by atoms with van der Waals surface area (Å²) < 4.78 is 37.4. The Bertz CT molecular complexity index is 613. The highest BCUT2D eigenvalue weighted by atomic mass is 79.9. The third kappa shape index (κ3) is 3.23. The van der Waals surface area contributed by atoms with Gasteiger partial charge in [-0.25, -0.2) is 4.79 Å². The Kier molecular flexibility index (Phi) is 4.04. The molecule has 5 nitrogen and oxygen atoms in total. The second kappa shape index (κ2) is 5.47. The second-order valence-electron chi connectivity index (χ2n) is 4.15. The average molecular weight is 366 g/mol. The van der Waals surface area contributed by atoms with E-state index in [1.54, 1.807) is 0 Å². The molecule has 0 saturated carbocycles. The van der Waals surface area contributed by atoms with E-state index in [2.05, 4.69) is 20.8 Å². The summed E-state index contributed by atoms with van der Waals surface area (Å²) in [6.45, 7) is 0. The van der Waals surface area contributed by atoms with E-state index in [1.807, 2.05) is 0 Å². The molecule has 112 valence electrons. The maximum Gasteiger partial charge on any atom is 0.417 e. The highest BCUT2D eigenvalue weighted by molar-refractivity contribution is 9.10. The number of rotatable bonds is 2. The average Bonchev–Trinajstić information content (AvgIpc) is 2.68. The Balaban J connectivity index is 2.19. The van der Waals surface area contributed by atoms with Gasteiger partial charge in [-0.3, -0.25) is 9.59 Å². The summed E-state index contributed by atoms with van der Waals surface area (Å²) in [5.74, 6) is -2.42. The number of hydroxylamine groups is 2. The molecule has 21 heavy (non-hydrogen) atoms. The predicted molar refractivity (Wildman–Crippen MR) is 65.6 cm³/mol. The van der Waals surface area contributed by atoms with Crippen molar-refractivity contribution in [3.8, 4) is 0 Å². The van der Waals surface area contributed by atoms with Crippen LogP contribution in [0.3, 0.4) is 0 Å². The highest BCUT2D eigenvalue weighted by Gasteiger charge is 2.35. The van der Waals surface area contributed by atoms with Crippen LogP contribution in [0.15, 0.2) is 22.7 Å². The van der Waals surface area contributed by atoms with Gasteiger partial charge >= 0.3 is 12.1 Å². The molecule has 0 atom stereocenters. The molecule has 1 aliphatic heterocycles. The molecule has 1 heterocycles. The van der Waals surface area contributed by atoms with Gasteiger partial charge in [0.05, 0.1) is 11.1 Å². The number of benzene rings is 1. The van der Waals surface area contributed by atoms with Crippen LogP contribution in [0, 0.1) is 0 Å². The fourth-order valence-corrected chi connectivity index (χ4v) is 2.27. The van der Waals surface area contributed by atoms with Crippen molar-refractivity contribution in [2.75, 3.05) is 0 Å². The van der Waals surface area contributed by atoms with E-state index >= 15 is 0 Å². The molecule has 0 N–H and O–H groups in total. The first-order chi connectivity index (χ1) is 9.70. The Hall–Kier alpha value is -1.90. The van der Waals surface area contributed by atoms with E-state index in [1.165, 1.54) is 0 Å². The topological polar surface area (TPSA) is 63.7 Å². The summed E-state index contributed by atoms with van der Waals surface area (Å²) in [4.78, 5) is 38.9. The van der Waals surface area contributed by atoms with Crippen molar-refractivity contribution in [3.63, 3.8) is 0 Å². The smallest absolute Gasteiger partial charge is 0.325 e. The Labute approximate surface area is 124 Å². The zero-order valence-electron chi connectivity index (χ0n) is 10.2. The van der Waals surface area contributed by atoms with E-state index in [0.717, 1.165) is 12.1 Å². The van der Waals surface area contributed by atoms with Crippen molar-refractivity contribution in [1.82, 2.24) is 5.06 Å². The maximum atomic E-state index is 12.6. The lowest BCUT2D eigenvalue weighted by atomic mass is 10.1. The van der Waals surface area contributed by atoms with E-state index in [-0.39, 0.29) is 22.9 Å². The summed E-state index contributed by atoms with van der Waals surface area (Å²) in [6, 6.07) is 2.52. The van der Waals surface area contributed by atoms with Gasteiger partial charge < -0.3 is 4.84 Å². The first-order valence-electron chi connectivity index (χ1n) is 5.65. The monoisotopic (exact) mass is 365 g/mol. The van der Waals surface area contributed by atoms with Gasteiger partial charge in [-0.1, -0.05) is 15.9 Å². The Morgan fingerprint density at radius 3 is 2.24 bits per heavy atom. The summed E-state index contributed by atoms with van der Waals surface area (Å²) >= 11 is 2.71. The molecule has 9 heteroatoms. The zero-order valence-corrected chi connectivity index (χ0v) is 11.8. The number of carbonyl (C=O) groups is 3. The molecule has 1 saturated heterocycles. The minimum atomic E-state index is -4.57. The summed E-state index contributed by atoms with van der Waals surface area (Å²) in [5.41, 5.74) is -1.17. The van der Waals surface area contributed by atoms with Crippen LogP contribution in [0.25, 0.3) is 0 Å². The molecule has 0 aromatic heterocycles. The van der Waals surface area contributed by atoms with Gasteiger partial charge in [0.2, 0.25) is 0 Å². The van der Waals surface area contributed by atoms with E-state index in [4.69, 9.17) is 0 Å². The SMILES string of the molecule is O=C(ON1C(=O)CCC1=O)c1ccc(C(F)(F)F)c(Br)c1. The first-order valence-corrected chi connectivity index (χ1v) is 6.44. The van der Waals surface area contributed by atoms with Crippen molar-refractivity contribution >= 4 is 33.7 Å². The van der Waals surface area contributed by atoms with Crippen molar-refractivity contribution in [2.24, 2.45) is 0 Å². The second-order valence-corrected chi connectivity index (χ2v) is 5.01. The molecule has 1 aromatic rings. The van der Waals surface area contributed by atoms with Crippen LogP contribution in [-0.4, -0.2) is 22.8 Å². The largest absolute Gasteiger partial charge is 0.417 e. The lowest BCUT2D eigenvalue weighted by Gasteiger charge is -2.14. The van der Waals surface area contributed by atoms with Gasteiger partial charge in [-0.15, -0.1) is 5.06 Å². The number of carbonyl (C=O) groups excluding carboxylic acids is 3. The molecule has 0 radical (unpaired) electrons. The number of hydrogen-bond acceptors (Lipinski definition) is 4. The quantitative estimate of drug-likeness (QED) is 0.756. The van der Waals surface area contributed by atoms with Crippen LogP contribution in [0.2, 0.25) is 0 Å². The van der Waals surface area contributed by atoms with E-state index in [0.29, 0.717) is 11.1 Å². The zero-order chi connectivity index (χ0) is 15.8. The van der Waals surface area contributed by atoms with Gasteiger partial charge in [0, 0.05) is 17.3 Å². The fourth-order valence-electron chi connectivity index (χ4n) is 1.67.